The SMILES string of the molecule is C=Cc1ccccc1-c1ccccc(C)c1=O. The van der Waals surface area contributed by atoms with Crippen molar-refractivity contribution in [3.8, 4) is 11.1 Å². The van der Waals surface area contributed by atoms with Crippen molar-refractivity contribution in [1.29, 1.82) is 0 Å². The van der Waals surface area contributed by atoms with E-state index in [1.165, 1.54) is 0 Å². The summed E-state index contributed by atoms with van der Waals surface area (Å²) in [4.78, 5) is 12.2. The van der Waals surface area contributed by atoms with Crippen LogP contribution in [0, 0.1) is 6.92 Å². The molecule has 0 saturated carbocycles. The van der Waals surface area contributed by atoms with Gasteiger partial charge in [-0.25, -0.2) is 0 Å². The van der Waals surface area contributed by atoms with E-state index in [1.54, 1.807) is 6.08 Å². The Bertz CT molecular complexity index is 612. The molecular formula is C16H14O. The summed E-state index contributed by atoms with van der Waals surface area (Å²) in [6.45, 7) is 5.62. The molecular weight excluding hydrogens is 208 g/mol. The van der Waals surface area contributed by atoms with E-state index in [2.05, 4.69) is 6.58 Å². The van der Waals surface area contributed by atoms with Gasteiger partial charge >= 0.3 is 0 Å². The molecule has 0 radical (unpaired) electrons. The van der Waals surface area contributed by atoms with E-state index in [0.29, 0.717) is 0 Å². The molecule has 0 fully saturated rings. The first kappa shape index (κ1) is 11.3. The standard InChI is InChI=1S/C16H14O/c1-3-13-9-5-7-10-14(13)15-11-6-4-8-12(2)16(15)17/h3-11H,1H2,2H3. The van der Waals surface area contributed by atoms with E-state index in [0.717, 1.165) is 22.3 Å². The van der Waals surface area contributed by atoms with E-state index < -0.39 is 0 Å². The Balaban J connectivity index is 2.79. The normalized spacial score (nSPS) is 9.94. The van der Waals surface area contributed by atoms with Crippen LogP contribution in [0.5, 0.6) is 0 Å². The number of hydrogen-bond acceptors (Lipinski definition) is 1. The summed E-state index contributed by atoms with van der Waals surface area (Å²) < 4.78 is 0. The van der Waals surface area contributed by atoms with Crippen molar-refractivity contribution in [2.45, 2.75) is 6.92 Å². The Morgan fingerprint density at radius 3 is 2.24 bits per heavy atom. The van der Waals surface area contributed by atoms with E-state index >= 15 is 0 Å². The summed E-state index contributed by atoms with van der Waals surface area (Å²) in [5.41, 5.74) is 3.47. The van der Waals surface area contributed by atoms with Gasteiger partial charge in [0.15, 0.2) is 5.43 Å². The molecule has 2 aromatic carbocycles. The van der Waals surface area contributed by atoms with Crippen LogP contribution in [0.25, 0.3) is 17.2 Å². The van der Waals surface area contributed by atoms with Crippen LogP contribution in [-0.2, 0) is 0 Å². The van der Waals surface area contributed by atoms with Crippen molar-refractivity contribution in [2.24, 2.45) is 0 Å². The molecule has 0 aliphatic heterocycles. The molecule has 0 atom stereocenters. The molecule has 0 N–H and O–H groups in total. The van der Waals surface area contributed by atoms with E-state index in [1.807, 2.05) is 55.5 Å². The van der Waals surface area contributed by atoms with Gasteiger partial charge in [-0.15, -0.1) is 0 Å². The fourth-order valence-electron chi connectivity index (χ4n) is 1.85. The minimum atomic E-state index is 0.0734. The maximum absolute atomic E-state index is 12.2. The van der Waals surface area contributed by atoms with Gasteiger partial charge in [0.1, 0.15) is 0 Å². The number of aryl methyl sites for hydroxylation is 1. The van der Waals surface area contributed by atoms with Gasteiger partial charge in [0, 0.05) is 5.56 Å². The van der Waals surface area contributed by atoms with Crippen molar-refractivity contribution in [2.75, 3.05) is 0 Å². The van der Waals surface area contributed by atoms with Gasteiger partial charge in [0.05, 0.1) is 0 Å². The van der Waals surface area contributed by atoms with Crippen molar-refractivity contribution < 1.29 is 0 Å². The van der Waals surface area contributed by atoms with Gasteiger partial charge in [0.25, 0.3) is 0 Å². The third kappa shape index (κ3) is 2.18. The van der Waals surface area contributed by atoms with Gasteiger partial charge in [-0.2, -0.15) is 0 Å². The molecule has 0 saturated heterocycles. The first-order valence-corrected chi connectivity index (χ1v) is 5.56. The highest BCUT2D eigenvalue weighted by molar-refractivity contribution is 5.74. The molecule has 0 aromatic heterocycles. The van der Waals surface area contributed by atoms with Crippen LogP contribution in [0.3, 0.4) is 0 Å². The van der Waals surface area contributed by atoms with Crippen LogP contribution in [0.2, 0.25) is 0 Å². The summed E-state index contributed by atoms with van der Waals surface area (Å²) in [6, 6.07) is 15.3. The fraction of sp³-hybridized carbons (Fsp3) is 0.0625. The van der Waals surface area contributed by atoms with Crippen LogP contribution in [-0.4, -0.2) is 0 Å². The molecule has 0 aliphatic rings. The lowest BCUT2D eigenvalue weighted by atomic mass is 10.00. The largest absolute Gasteiger partial charge is 0.289 e. The quantitative estimate of drug-likeness (QED) is 0.757. The molecule has 1 nitrogen and oxygen atoms in total. The van der Waals surface area contributed by atoms with Crippen LogP contribution < -0.4 is 5.43 Å². The summed E-state index contributed by atoms with van der Waals surface area (Å²) >= 11 is 0. The van der Waals surface area contributed by atoms with Crippen LogP contribution in [0.4, 0.5) is 0 Å². The van der Waals surface area contributed by atoms with Crippen LogP contribution in [0.1, 0.15) is 11.1 Å². The maximum atomic E-state index is 12.2. The highest BCUT2D eigenvalue weighted by Crippen LogP contribution is 2.21. The third-order valence-electron chi connectivity index (χ3n) is 2.79. The van der Waals surface area contributed by atoms with Gasteiger partial charge < -0.3 is 0 Å². The molecule has 0 unspecified atom stereocenters. The zero-order valence-corrected chi connectivity index (χ0v) is 9.81. The van der Waals surface area contributed by atoms with Crippen molar-refractivity contribution in [1.82, 2.24) is 0 Å². The zero-order valence-electron chi connectivity index (χ0n) is 9.81. The third-order valence-corrected chi connectivity index (χ3v) is 2.79. The molecule has 1 heteroatoms. The lowest BCUT2D eigenvalue weighted by molar-refractivity contribution is 1.43. The summed E-state index contributed by atoms with van der Waals surface area (Å²) in [6.07, 6.45) is 1.77. The Morgan fingerprint density at radius 1 is 0.941 bits per heavy atom. The minimum absolute atomic E-state index is 0.0734. The van der Waals surface area contributed by atoms with Gasteiger partial charge in [-0.3, -0.25) is 4.79 Å². The van der Waals surface area contributed by atoms with Crippen molar-refractivity contribution >= 4 is 6.08 Å². The second kappa shape index (κ2) is 4.79. The smallest absolute Gasteiger partial charge is 0.189 e. The Hall–Kier alpha value is -2.15. The monoisotopic (exact) mass is 222 g/mol. The van der Waals surface area contributed by atoms with E-state index in [9.17, 15) is 4.79 Å². The molecule has 0 bridgehead atoms. The second-order valence-corrected chi connectivity index (χ2v) is 3.94. The first-order valence-electron chi connectivity index (χ1n) is 5.56. The topological polar surface area (TPSA) is 17.1 Å². The average Bonchev–Trinajstić information content (AvgIpc) is 2.53. The number of rotatable bonds is 2. The zero-order chi connectivity index (χ0) is 12.3. The first-order chi connectivity index (χ1) is 8.24. The van der Waals surface area contributed by atoms with Gasteiger partial charge in [-0.1, -0.05) is 61.2 Å². The number of benzene rings is 1. The molecule has 2 aromatic rings. The lowest BCUT2D eigenvalue weighted by Crippen LogP contribution is -2.05. The van der Waals surface area contributed by atoms with E-state index in [-0.39, 0.29) is 5.43 Å². The molecule has 84 valence electrons. The molecule has 17 heavy (non-hydrogen) atoms. The Kier molecular flexibility index (Phi) is 3.20. The maximum Gasteiger partial charge on any atom is 0.189 e. The Labute approximate surface area is 101 Å². The molecule has 0 amide bonds. The molecule has 0 spiro atoms. The second-order valence-electron chi connectivity index (χ2n) is 3.94. The molecule has 0 heterocycles. The molecule has 0 aliphatic carbocycles. The van der Waals surface area contributed by atoms with Gasteiger partial charge in [-0.05, 0) is 23.6 Å². The fourth-order valence-corrected chi connectivity index (χ4v) is 1.85. The Morgan fingerprint density at radius 2 is 1.53 bits per heavy atom. The van der Waals surface area contributed by atoms with Crippen LogP contribution >= 0.6 is 0 Å². The molecule has 2 rings (SSSR count). The predicted molar refractivity (Wildman–Crippen MR) is 73.0 cm³/mol. The summed E-state index contributed by atoms with van der Waals surface area (Å²) in [5, 5.41) is 0. The van der Waals surface area contributed by atoms with Crippen molar-refractivity contribution in [3.63, 3.8) is 0 Å². The predicted octanol–water partition coefficient (Wildman–Crippen LogP) is 3.67. The highest BCUT2D eigenvalue weighted by Gasteiger charge is 2.05. The summed E-state index contributed by atoms with van der Waals surface area (Å²) in [7, 11) is 0. The van der Waals surface area contributed by atoms with Crippen molar-refractivity contribution in [3.05, 3.63) is 76.5 Å². The highest BCUT2D eigenvalue weighted by atomic mass is 16.1. The minimum Gasteiger partial charge on any atom is -0.289 e. The van der Waals surface area contributed by atoms with Crippen LogP contribution in [0.15, 0.2) is 59.9 Å². The summed E-state index contributed by atoms with van der Waals surface area (Å²) in [5.74, 6) is 0. The van der Waals surface area contributed by atoms with E-state index in [4.69, 9.17) is 0 Å². The number of hydrogen-bond donors (Lipinski definition) is 0. The average molecular weight is 222 g/mol. The lowest BCUT2D eigenvalue weighted by Gasteiger charge is -2.03. The van der Waals surface area contributed by atoms with Gasteiger partial charge in [0.2, 0.25) is 0 Å².